The molecule has 0 aliphatic carbocycles. The Hall–Kier alpha value is -1.46. The smallest absolute Gasteiger partial charge is 0.134 e. The number of rotatable bonds is 2. The van der Waals surface area contributed by atoms with E-state index < -0.39 is 0 Å². The Morgan fingerprint density at radius 2 is 1.70 bits per heavy atom. The van der Waals surface area contributed by atoms with Crippen molar-refractivity contribution < 1.29 is 0 Å². The van der Waals surface area contributed by atoms with Crippen molar-refractivity contribution in [3.63, 3.8) is 0 Å². The second kappa shape index (κ2) is 6.57. The van der Waals surface area contributed by atoms with Gasteiger partial charge in [0.15, 0.2) is 0 Å². The van der Waals surface area contributed by atoms with Crippen molar-refractivity contribution >= 4 is 35.0 Å². The number of benzene rings is 1. The summed E-state index contributed by atoms with van der Waals surface area (Å²) >= 11 is 8.11. The third-order valence-corrected chi connectivity index (χ3v) is 5.66. The molecule has 0 amide bonds. The third kappa shape index (κ3) is 3.26. The molecule has 4 rings (SSSR count). The maximum atomic E-state index is 6.10. The van der Waals surface area contributed by atoms with Crippen LogP contribution in [0.15, 0.2) is 30.6 Å². The highest BCUT2D eigenvalue weighted by atomic mass is 35.5. The zero-order chi connectivity index (χ0) is 15.6. The minimum Gasteiger partial charge on any atom is -0.355 e. The molecule has 1 fully saturated rings. The lowest BCUT2D eigenvalue weighted by atomic mass is 10.00. The van der Waals surface area contributed by atoms with Crippen LogP contribution in [0.3, 0.4) is 0 Å². The number of hydrogen-bond acceptors (Lipinski definition) is 5. The summed E-state index contributed by atoms with van der Waals surface area (Å²) in [5, 5.41) is 0.824. The van der Waals surface area contributed by atoms with Gasteiger partial charge >= 0.3 is 0 Å². The van der Waals surface area contributed by atoms with Crippen LogP contribution in [-0.4, -0.2) is 41.1 Å². The van der Waals surface area contributed by atoms with E-state index in [1.54, 1.807) is 6.33 Å². The zero-order valence-electron chi connectivity index (χ0n) is 12.9. The average Bonchev–Trinajstić information content (AvgIpc) is 2.62. The van der Waals surface area contributed by atoms with Crippen LogP contribution in [0.4, 0.5) is 11.6 Å². The minimum absolute atomic E-state index is 0.824. The molecule has 4 nitrogen and oxygen atoms in total. The normalized spacial score (nSPS) is 18.0. The lowest BCUT2D eigenvalue weighted by Crippen LogP contribution is -2.34. The molecule has 1 aromatic heterocycles. The van der Waals surface area contributed by atoms with Gasteiger partial charge in [0.25, 0.3) is 0 Å². The van der Waals surface area contributed by atoms with E-state index in [4.69, 9.17) is 11.6 Å². The molecule has 3 heterocycles. The van der Waals surface area contributed by atoms with E-state index in [0.717, 1.165) is 49.3 Å². The number of halogens is 1. The van der Waals surface area contributed by atoms with E-state index in [1.165, 1.54) is 22.6 Å². The van der Waals surface area contributed by atoms with Crippen LogP contribution >= 0.6 is 23.4 Å². The molecule has 2 aliphatic heterocycles. The summed E-state index contributed by atoms with van der Waals surface area (Å²) in [4.78, 5) is 13.7. The van der Waals surface area contributed by atoms with Gasteiger partial charge in [-0.2, -0.15) is 11.8 Å². The maximum absolute atomic E-state index is 6.10. The molecular weight excluding hydrogens is 328 g/mol. The number of nitrogens with zero attached hydrogens (tertiary/aromatic N) is 4. The summed E-state index contributed by atoms with van der Waals surface area (Å²) in [5.74, 6) is 4.43. The van der Waals surface area contributed by atoms with Gasteiger partial charge in [-0.25, -0.2) is 9.97 Å². The summed E-state index contributed by atoms with van der Waals surface area (Å²) in [6.45, 7) is 4.00. The van der Waals surface area contributed by atoms with Gasteiger partial charge in [0.1, 0.15) is 18.0 Å². The molecule has 1 aromatic carbocycles. The number of fused-ring (bicyclic) bond motifs is 1. The monoisotopic (exact) mass is 346 g/mol. The lowest BCUT2D eigenvalue weighted by Gasteiger charge is -2.31. The number of anilines is 2. The summed E-state index contributed by atoms with van der Waals surface area (Å²) in [6.07, 6.45) is 2.71. The fourth-order valence-corrected chi connectivity index (χ4v) is 4.29. The summed E-state index contributed by atoms with van der Waals surface area (Å²) < 4.78 is 0. The van der Waals surface area contributed by atoms with Crippen molar-refractivity contribution in [3.8, 4) is 0 Å². The van der Waals surface area contributed by atoms with Crippen molar-refractivity contribution in [2.45, 2.75) is 13.0 Å². The lowest BCUT2D eigenvalue weighted by molar-refractivity contribution is 0.717. The molecule has 1 saturated heterocycles. The Morgan fingerprint density at radius 1 is 0.913 bits per heavy atom. The second-order valence-corrected chi connectivity index (χ2v) is 7.58. The fourth-order valence-electron chi connectivity index (χ4n) is 3.19. The number of aromatic nitrogens is 2. The molecule has 0 N–H and O–H groups in total. The molecule has 2 aliphatic rings. The van der Waals surface area contributed by atoms with Gasteiger partial charge in [-0.05, 0) is 29.7 Å². The van der Waals surface area contributed by atoms with Crippen LogP contribution < -0.4 is 9.80 Å². The van der Waals surface area contributed by atoms with Crippen LogP contribution in [0.5, 0.6) is 0 Å². The molecule has 6 heteroatoms. The molecule has 2 aromatic rings. The van der Waals surface area contributed by atoms with E-state index >= 15 is 0 Å². The first-order valence-electron chi connectivity index (χ1n) is 7.96. The molecule has 0 unspecified atom stereocenters. The first-order chi connectivity index (χ1) is 11.3. The highest BCUT2D eigenvalue weighted by Crippen LogP contribution is 2.27. The molecule has 0 spiro atoms. The molecular formula is C17H19ClN4S. The summed E-state index contributed by atoms with van der Waals surface area (Å²) in [5.41, 5.74) is 2.70. The van der Waals surface area contributed by atoms with Crippen molar-refractivity contribution in [3.05, 3.63) is 46.7 Å². The zero-order valence-corrected chi connectivity index (χ0v) is 14.5. The van der Waals surface area contributed by atoms with E-state index in [0.29, 0.717) is 0 Å². The Labute approximate surface area is 145 Å². The van der Waals surface area contributed by atoms with Gasteiger partial charge in [-0.3, -0.25) is 0 Å². The van der Waals surface area contributed by atoms with Crippen LogP contribution in [0.1, 0.15) is 11.1 Å². The van der Waals surface area contributed by atoms with Gasteiger partial charge < -0.3 is 9.80 Å². The topological polar surface area (TPSA) is 32.3 Å². The molecule has 120 valence electrons. The first kappa shape index (κ1) is 15.1. The highest BCUT2D eigenvalue weighted by molar-refractivity contribution is 7.99. The number of hydrogen-bond donors (Lipinski definition) is 0. The van der Waals surface area contributed by atoms with Crippen LogP contribution in [0, 0.1) is 0 Å². The largest absolute Gasteiger partial charge is 0.355 e. The van der Waals surface area contributed by atoms with Gasteiger partial charge in [0.05, 0.1) is 0 Å². The molecule has 0 saturated carbocycles. The average molecular weight is 347 g/mol. The minimum atomic E-state index is 0.824. The van der Waals surface area contributed by atoms with E-state index in [1.807, 2.05) is 17.8 Å². The van der Waals surface area contributed by atoms with Crippen molar-refractivity contribution in [2.75, 3.05) is 40.9 Å². The predicted molar refractivity (Wildman–Crippen MR) is 97.8 cm³/mol. The molecule has 23 heavy (non-hydrogen) atoms. The van der Waals surface area contributed by atoms with Crippen LogP contribution in [0.2, 0.25) is 5.02 Å². The van der Waals surface area contributed by atoms with Crippen molar-refractivity contribution in [1.29, 1.82) is 0 Å². The Bertz CT molecular complexity index is 703. The van der Waals surface area contributed by atoms with E-state index in [9.17, 15) is 0 Å². The Kier molecular flexibility index (Phi) is 4.31. The first-order valence-corrected chi connectivity index (χ1v) is 9.50. The number of thioether (sulfide) groups is 1. The van der Waals surface area contributed by atoms with Crippen molar-refractivity contribution in [2.24, 2.45) is 0 Å². The fraction of sp³-hybridized carbons (Fsp3) is 0.412. The van der Waals surface area contributed by atoms with Gasteiger partial charge in [-0.1, -0.05) is 17.7 Å². The third-order valence-electron chi connectivity index (χ3n) is 4.48. The van der Waals surface area contributed by atoms with Gasteiger partial charge in [0, 0.05) is 48.8 Å². The van der Waals surface area contributed by atoms with Crippen molar-refractivity contribution in [1.82, 2.24) is 9.97 Å². The van der Waals surface area contributed by atoms with E-state index in [-0.39, 0.29) is 0 Å². The van der Waals surface area contributed by atoms with Crippen LogP contribution in [-0.2, 0) is 13.0 Å². The predicted octanol–water partition coefficient (Wildman–Crippen LogP) is 3.25. The summed E-state index contributed by atoms with van der Waals surface area (Å²) in [6, 6.07) is 8.33. The van der Waals surface area contributed by atoms with E-state index in [2.05, 4.69) is 38.0 Å². The standard InChI is InChI=1S/C17H19ClN4S/c18-15-2-1-14-11-22(4-3-13(14)9-15)17-10-16(19-12-20-17)21-5-7-23-8-6-21/h1-2,9-10,12H,3-8,11H2. The van der Waals surface area contributed by atoms with Gasteiger partial charge in [-0.15, -0.1) is 0 Å². The molecule has 0 radical (unpaired) electrons. The molecule has 0 bridgehead atoms. The van der Waals surface area contributed by atoms with Gasteiger partial charge in [0.2, 0.25) is 0 Å². The molecule has 0 atom stereocenters. The maximum Gasteiger partial charge on any atom is 0.134 e. The van der Waals surface area contributed by atoms with Crippen LogP contribution in [0.25, 0.3) is 0 Å². The summed E-state index contributed by atoms with van der Waals surface area (Å²) in [7, 11) is 0. The Balaban J connectivity index is 1.55. The SMILES string of the molecule is Clc1ccc2c(c1)CCN(c1cc(N3CCSCC3)ncn1)C2. The highest BCUT2D eigenvalue weighted by Gasteiger charge is 2.19. The Morgan fingerprint density at radius 3 is 2.52 bits per heavy atom. The quantitative estimate of drug-likeness (QED) is 0.833. The second-order valence-electron chi connectivity index (χ2n) is 5.92.